The Bertz CT molecular complexity index is 3370. The Kier molecular flexibility index (Phi) is 24.3. The summed E-state index contributed by atoms with van der Waals surface area (Å²) < 4.78 is 0. The number of aromatic nitrogens is 2. The molecule has 0 saturated carbocycles. The molecule has 8 N–H and O–H groups in total. The molecule has 0 unspecified atom stereocenters. The fourth-order valence-corrected chi connectivity index (χ4v) is 9.00. The first-order chi connectivity index (χ1) is 39.8. The lowest BCUT2D eigenvalue weighted by atomic mass is 10.0. The molecule has 2 aliphatic heterocycles. The van der Waals surface area contributed by atoms with Crippen LogP contribution < -0.4 is 32.8 Å². The summed E-state index contributed by atoms with van der Waals surface area (Å²) in [7, 11) is 4.22. The summed E-state index contributed by atoms with van der Waals surface area (Å²) >= 11 is 11.9. The third-order valence-electron chi connectivity index (χ3n) is 13.5. The summed E-state index contributed by atoms with van der Waals surface area (Å²) in [6.45, 7) is 16.9. The second-order valence-corrected chi connectivity index (χ2v) is 20.7. The number of carboxylic acid groups (broad SMARTS) is 1. The number of hydrogen-bond acceptors (Lipinski definition) is 13. The number of carbonyl (C=O) groups is 6. The third-order valence-corrected chi connectivity index (χ3v) is 14.2. The lowest BCUT2D eigenvalue weighted by Crippen LogP contribution is -2.45. The molecule has 6 aromatic rings. The van der Waals surface area contributed by atoms with Crippen LogP contribution in [-0.2, 0) is 9.59 Å². The summed E-state index contributed by atoms with van der Waals surface area (Å²) in [5.41, 5.74) is 14.1. The molecule has 4 aromatic carbocycles. The molecule has 0 radical (unpaired) electrons. The average Bonchev–Trinajstić information content (AvgIpc) is 3.58. The number of rotatable bonds is 12. The molecule has 2 aromatic heterocycles. The largest absolute Gasteiger partial charge is 0.478 e. The lowest BCUT2D eigenvalue weighted by Gasteiger charge is -2.32. The van der Waals surface area contributed by atoms with Crippen LogP contribution in [0.25, 0.3) is 0 Å². The van der Waals surface area contributed by atoms with Gasteiger partial charge in [0, 0.05) is 119 Å². The van der Waals surface area contributed by atoms with Crippen molar-refractivity contribution in [3.63, 3.8) is 0 Å². The first-order valence-corrected chi connectivity index (χ1v) is 27.5. The number of hydrogen-bond donors (Lipinski definition) is 7. The van der Waals surface area contributed by atoms with E-state index < -0.39 is 17.8 Å². The van der Waals surface area contributed by atoms with Crippen LogP contribution >= 0.6 is 23.2 Å². The minimum Gasteiger partial charge on any atom is -0.478 e. The van der Waals surface area contributed by atoms with E-state index in [9.17, 15) is 28.8 Å². The van der Waals surface area contributed by atoms with Gasteiger partial charge in [-0.25, -0.2) is 20.6 Å². The SMILES string of the molecule is Cc1ccc(C(=O)NNC(=O)c2c(C)cccc2Cl)cc1C#Cc1ccc(NC(=O)CCN2CCN(C)CC2)nc1.Cc1ccc(C(=O)O)cc1C#Cc1ccc(NC(=O)CCN2CCN(C)CC2)nc1.Cc1cccc(Cl)c1C(=O)NN. The van der Waals surface area contributed by atoms with Crippen molar-refractivity contribution in [3.8, 4) is 23.7 Å². The zero-order valence-electron chi connectivity index (χ0n) is 47.3. The number of anilines is 2. The first-order valence-electron chi connectivity index (χ1n) is 26.7. The number of aromatic carboxylic acids is 1. The van der Waals surface area contributed by atoms with Crippen molar-refractivity contribution in [2.24, 2.45) is 5.84 Å². The minimum absolute atomic E-state index is 0.0543. The van der Waals surface area contributed by atoms with Gasteiger partial charge in [-0.2, -0.15) is 0 Å². The van der Waals surface area contributed by atoms with E-state index in [2.05, 4.69) is 88.8 Å². The van der Waals surface area contributed by atoms with Crippen LogP contribution in [0.4, 0.5) is 11.6 Å². The van der Waals surface area contributed by atoms with Gasteiger partial charge in [-0.05, 0) is 125 Å². The van der Waals surface area contributed by atoms with Crippen molar-refractivity contribution < 1.29 is 33.9 Å². The number of benzene rings is 4. The van der Waals surface area contributed by atoms with Gasteiger partial charge in [-0.15, -0.1) is 0 Å². The van der Waals surface area contributed by atoms with Crippen molar-refractivity contribution >= 4 is 70.3 Å². The zero-order valence-corrected chi connectivity index (χ0v) is 48.8. The Hall–Kier alpha value is -8.50. The number of nitrogens with two attached hydrogens (primary N) is 1. The van der Waals surface area contributed by atoms with E-state index in [4.69, 9.17) is 34.2 Å². The van der Waals surface area contributed by atoms with E-state index in [0.29, 0.717) is 79.0 Å². The van der Waals surface area contributed by atoms with Gasteiger partial charge < -0.3 is 35.3 Å². The van der Waals surface area contributed by atoms with E-state index in [1.807, 2.05) is 19.3 Å². The number of piperazine rings is 2. The molecule has 4 heterocycles. The molecule has 2 aliphatic rings. The first kappa shape index (κ1) is 63.7. The average molecular weight is 1160 g/mol. The van der Waals surface area contributed by atoms with Crippen LogP contribution in [0.1, 0.15) is 98.8 Å². The Labute approximate surface area is 494 Å². The van der Waals surface area contributed by atoms with Crippen molar-refractivity contribution in [2.75, 3.05) is 90.2 Å². The Morgan fingerprint density at radius 2 is 0.952 bits per heavy atom. The number of nitrogens with zero attached hydrogens (tertiary/aromatic N) is 6. The Balaban J connectivity index is 0.000000229. The number of hydrazine groups is 2. The summed E-state index contributed by atoms with van der Waals surface area (Å²) in [6, 6.07) is 27.4. The topological polar surface area (TPSA) is 248 Å². The molecule has 0 atom stereocenters. The molecule has 0 bridgehead atoms. The van der Waals surface area contributed by atoms with Crippen LogP contribution in [0.5, 0.6) is 0 Å². The molecule has 21 heteroatoms. The molecular weight excluding hydrogens is 1100 g/mol. The van der Waals surface area contributed by atoms with Gasteiger partial charge in [-0.1, -0.05) is 83.3 Å². The van der Waals surface area contributed by atoms with E-state index in [0.717, 1.165) is 82.1 Å². The number of nitrogens with one attached hydrogen (secondary N) is 5. The molecule has 0 spiro atoms. The summed E-state index contributed by atoms with van der Waals surface area (Å²) in [5, 5.41) is 15.5. The van der Waals surface area contributed by atoms with Gasteiger partial charge in [0.25, 0.3) is 17.7 Å². The van der Waals surface area contributed by atoms with E-state index in [-0.39, 0.29) is 23.3 Å². The quantitative estimate of drug-likeness (QED) is 0.0291. The fraction of sp³-hybridized carbons (Fsp3) is 0.290. The number of halogens is 2. The highest BCUT2D eigenvalue weighted by molar-refractivity contribution is 6.34. The van der Waals surface area contributed by atoms with Crippen LogP contribution in [0.15, 0.2) is 109 Å². The molecule has 19 nitrogen and oxygen atoms in total. The number of aryl methyl sites for hydroxylation is 4. The highest BCUT2D eigenvalue weighted by Gasteiger charge is 2.18. The second-order valence-electron chi connectivity index (χ2n) is 19.9. The molecule has 2 fully saturated rings. The van der Waals surface area contributed by atoms with E-state index >= 15 is 0 Å². The number of carboxylic acids is 1. The maximum Gasteiger partial charge on any atom is 0.335 e. The number of carbonyl (C=O) groups excluding carboxylic acids is 5. The molecule has 0 aliphatic carbocycles. The van der Waals surface area contributed by atoms with Crippen LogP contribution in [0.3, 0.4) is 0 Å². The normalized spacial score (nSPS) is 13.4. The van der Waals surface area contributed by atoms with Gasteiger partial charge >= 0.3 is 5.97 Å². The van der Waals surface area contributed by atoms with Gasteiger partial charge in [0.2, 0.25) is 11.8 Å². The van der Waals surface area contributed by atoms with Crippen LogP contribution in [0, 0.1) is 51.4 Å². The Morgan fingerprint density at radius 3 is 1.36 bits per heavy atom. The van der Waals surface area contributed by atoms with Crippen LogP contribution in [0.2, 0.25) is 10.0 Å². The summed E-state index contributed by atoms with van der Waals surface area (Å²) in [6.07, 6.45) is 4.05. The maximum absolute atomic E-state index is 12.7. The van der Waals surface area contributed by atoms with Crippen molar-refractivity contribution in [1.29, 1.82) is 0 Å². The van der Waals surface area contributed by atoms with Crippen molar-refractivity contribution in [3.05, 3.63) is 186 Å². The smallest absolute Gasteiger partial charge is 0.335 e. The third kappa shape index (κ3) is 20.2. The highest BCUT2D eigenvalue weighted by atomic mass is 35.5. The standard InChI is InChI=1S/C31H33ClN6O3.C23H26N4O3.C8H9ClN2O/c1-21-7-10-25(30(40)35-36-31(41)29-22(2)5-4-6-26(29)32)19-24(21)11-8-23-9-12-27(33-20-23)34-28(39)13-14-38-17-15-37(3)16-18-38;1-17-3-6-20(23(29)30)15-19(17)7-4-18-5-8-21(24-16-18)25-22(28)9-10-27-13-11-26(2)12-14-27;1-5-3-2-4-6(9)7(5)8(12)11-10/h4-7,9-10,12,19-20H,13-18H2,1-3H3,(H,35,40)(H,36,41)(H,33,34,39);3,5-6,8,15-16H,9-14H2,1-2H3,(H,29,30)(H,24,25,28);2-4H,10H2,1H3,(H,11,12). The second kappa shape index (κ2) is 31.6. The minimum atomic E-state index is -0.979. The predicted octanol–water partition coefficient (Wildman–Crippen LogP) is 6.72. The molecule has 432 valence electrons. The van der Waals surface area contributed by atoms with Crippen LogP contribution in [-0.4, -0.2) is 150 Å². The lowest BCUT2D eigenvalue weighted by molar-refractivity contribution is -0.117. The molecule has 8 rings (SSSR count). The summed E-state index contributed by atoms with van der Waals surface area (Å²) in [4.78, 5) is 89.7. The Morgan fingerprint density at radius 1 is 0.530 bits per heavy atom. The predicted molar refractivity (Wildman–Crippen MR) is 323 cm³/mol. The maximum atomic E-state index is 12.7. The van der Waals surface area contributed by atoms with Gasteiger partial charge in [0.05, 0.1) is 26.7 Å². The zero-order chi connectivity index (χ0) is 60.0. The number of nitrogen functional groups attached to an aromatic ring is 1. The number of amides is 5. The molecule has 5 amide bonds. The van der Waals surface area contributed by atoms with Gasteiger partial charge in [-0.3, -0.25) is 40.3 Å². The number of likely N-dealkylation sites (N-methyl/N-ethyl adjacent to an activating group) is 2. The van der Waals surface area contributed by atoms with Gasteiger partial charge in [0.15, 0.2) is 0 Å². The molecule has 2 saturated heterocycles. The van der Waals surface area contributed by atoms with Crippen molar-refractivity contribution in [2.45, 2.75) is 40.5 Å². The number of pyridine rings is 2. The molecular formula is C62H68Cl2N12O7. The molecule has 83 heavy (non-hydrogen) atoms. The van der Waals surface area contributed by atoms with Gasteiger partial charge in [0.1, 0.15) is 11.6 Å². The summed E-state index contributed by atoms with van der Waals surface area (Å²) in [5.74, 6) is 15.6. The monoisotopic (exact) mass is 1160 g/mol. The fourth-order valence-electron chi connectivity index (χ4n) is 8.38. The highest BCUT2D eigenvalue weighted by Crippen LogP contribution is 2.21. The van der Waals surface area contributed by atoms with E-state index in [1.54, 1.807) is 123 Å². The van der Waals surface area contributed by atoms with Crippen molar-refractivity contribution in [1.82, 2.24) is 45.8 Å². The van der Waals surface area contributed by atoms with E-state index in [1.165, 1.54) is 0 Å².